The highest BCUT2D eigenvalue weighted by Crippen LogP contribution is 2.17. The van der Waals surface area contributed by atoms with Gasteiger partial charge >= 0.3 is 0 Å². The largest absolute Gasteiger partial charge is 0.465 e. The first kappa shape index (κ1) is 18.1. The summed E-state index contributed by atoms with van der Waals surface area (Å²) in [6.07, 6.45) is 4.00. The minimum absolute atomic E-state index is 0.330. The van der Waals surface area contributed by atoms with E-state index in [1.165, 1.54) is 0 Å². The van der Waals surface area contributed by atoms with Crippen LogP contribution in [0, 0.1) is 12.8 Å². The molecule has 0 unspecified atom stereocenters. The normalized spacial score (nSPS) is 16.8. The Bertz CT molecular complexity index is 642. The molecule has 0 N–H and O–H groups in total. The second-order valence-electron chi connectivity index (χ2n) is 7.31. The van der Waals surface area contributed by atoms with Crippen LogP contribution in [-0.2, 0) is 24.1 Å². The van der Waals surface area contributed by atoms with E-state index in [0.717, 1.165) is 62.1 Å². The van der Waals surface area contributed by atoms with Gasteiger partial charge in [0.05, 0.1) is 19.3 Å². The molecule has 6 heteroatoms. The zero-order valence-electron chi connectivity index (χ0n) is 15.5. The first-order chi connectivity index (χ1) is 12.1. The van der Waals surface area contributed by atoms with E-state index in [0.29, 0.717) is 25.0 Å². The van der Waals surface area contributed by atoms with Crippen LogP contribution >= 0.6 is 0 Å². The lowest BCUT2D eigenvalue weighted by Gasteiger charge is -2.31. The molecular formula is C19H29N3O3. The first-order valence-corrected chi connectivity index (χ1v) is 9.29. The minimum Gasteiger partial charge on any atom is -0.465 e. The Kier molecular flexibility index (Phi) is 6.26. The molecule has 2 aromatic rings. The van der Waals surface area contributed by atoms with E-state index in [2.05, 4.69) is 35.0 Å². The molecule has 1 aliphatic heterocycles. The maximum Gasteiger partial charge on any atom is 0.226 e. The van der Waals surface area contributed by atoms with Gasteiger partial charge in [-0.1, -0.05) is 19.0 Å². The third kappa shape index (κ3) is 5.68. The summed E-state index contributed by atoms with van der Waals surface area (Å²) in [5.41, 5.74) is 0. The van der Waals surface area contributed by atoms with E-state index in [4.69, 9.17) is 13.7 Å². The van der Waals surface area contributed by atoms with Crippen molar-refractivity contribution >= 4 is 0 Å². The molecular weight excluding hydrogens is 318 g/mol. The third-order valence-electron chi connectivity index (χ3n) is 4.48. The summed E-state index contributed by atoms with van der Waals surface area (Å²) in [7, 11) is 0. The molecule has 3 heterocycles. The molecule has 0 bridgehead atoms. The van der Waals surface area contributed by atoms with Gasteiger partial charge in [-0.15, -0.1) is 0 Å². The quantitative estimate of drug-likeness (QED) is 0.729. The smallest absolute Gasteiger partial charge is 0.226 e. The number of aryl methyl sites for hydroxylation is 1. The first-order valence-electron chi connectivity index (χ1n) is 9.29. The van der Waals surface area contributed by atoms with E-state index in [1.807, 2.05) is 13.0 Å². The van der Waals surface area contributed by atoms with Gasteiger partial charge in [-0.05, 0) is 37.8 Å². The summed E-state index contributed by atoms with van der Waals surface area (Å²) in [4.78, 5) is 6.84. The van der Waals surface area contributed by atoms with Crippen LogP contribution in [0.2, 0.25) is 0 Å². The number of ether oxygens (including phenoxy) is 1. The van der Waals surface area contributed by atoms with E-state index in [-0.39, 0.29) is 0 Å². The Hall–Kier alpha value is -1.66. The second kappa shape index (κ2) is 8.63. The van der Waals surface area contributed by atoms with E-state index >= 15 is 0 Å². The van der Waals surface area contributed by atoms with Gasteiger partial charge in [0, 0.05) is 25.9 Å². The number of hydrogen-bond donors (Lipinski definition) is 0. The van der Waals surface area contributed by atoms with Crippen molar-refractivity contribution in [3.63, 3.8) is 0 Å². The Morgan fingerprint density at radius 3 is 2.76 bits per heavy atom. The van der Waals surface area contributed by atoms with Gasteiger partial charge in [0.25, 0.3) is 0 Å². The molecule has 0 amide bonds. The SMILES string of the molecule is Cc1ccc(CN2CCC(OCCc3noc(CC(C)C)n3)CC2)o1. The number of hydrogen-bond acceptors (Lipinski definition) is 6. The van der Waals surface area contributed by atoms with Crippen molar-refractivity contribution < 1.29 is 13.7 Å². The molecule has 0 spiro atoms. The number of piperidine rings is 1. The fourth-order valence-electron chi connectivity index (χ4n) is 3.17. The molecule has 25 heavy (non-hydrogen) atoms. The monoisotopic (exact) mass is 347 g/mol. The average Bonchev–Trinajstić information content (AvgIpc) is 3.18. The fourth-order valence-corrected chi connectivity index (χ4v) is 3.17. The molecule has 1 aliphatic rings. The van der Waals surface area contributed by atoms with Gasteiger partial charge in [0.1, 0.15) is 11.5 Å². The van der Waals surface area contributed by atoms with Gasteiger partial charge in [0.2, 0.25) is 5.89 Å². The topological polar surface area (TPSA) is 64.5 Å². The second-order valence-corrected chi connectivity index (χ2v) is 7.31. The van der Waals surface area contributed by atoms with Crippen molar-refractivity contribution in [3.05, 3.63) is 35.4 Å². The zero-order chi connectivity index (χ0) is 17.6. The van der Waals surface area contributed by atoms with Crippen LogP contribution in [-0.4, -0.2) is 40.8 Å². The lowest BCUT2D eigenvalue weighted by molar-refractivity contribution is 0.00552. The van der Waals surface area contributed by atoms with Gasteiger partial charge in [0.15, 0.2) is 5.82 Å². The van der Waals surface area contributed by atoms with E-state index < -0.39 is 0 Å². The molecule has 6 nitrogen and oxygen atoms in total. The molecule has 0 radical (unpaired) electrons. The highest BCUT2D eigenvalue weighted by Gasteiger charge is 2.20. The van der Waals surface area contributed by atoms with Crippen LogP contribution in [0.4, 0.5) is 0 Å². The summed E-state index contributed by atoms with van der Waals surface area (Å²) < 4.78 is 16.9. The average molecular weight is 347 g/mol. The van der Waals surface area contributed by atoms with Crippen LogP contribution in [0.1, 0.15) is 49.9 Å². The maximum absolute atomic E-state index is 6.01. The molecule has 1 fully saturated rings. The lowest BCUT2D eigenvalue weighted by atomic mass is 10.1. The third-order valence-corrected chi connectivity index (χ3v) is 4.48. The highest BCUT2D eigenvalue weighted by atomic mass is 16.5. The molecule has 0 aliphatic carbocycles. The molecule has 2 aromatic heterocycles. The van der Waals surface area contributed by atoms with E-state index in [1.54, 1.807) is 0 Å². The molecule has 0 saturated carbocycles. The number of likely N-dealkylation sites (tertiary alicyclic amines) is 1. The van der Waals surface area contributed by atoms with Crippen molar-refractivity contribution in [1.29, 1.82) is 0 Å². The predicted molar refractivity (Wildman–Crippen MR) is 94.2 cm³/mol. The summed E-state index contributed by atoms with van der Waals surface area (Å²) in [5.74, 6) is 4.03. The van der Waals surface area contributed by atoms with Gasteiger partial charge in [-0.25, -0.2) is 0 Å². The van der Waals surface area contributed by atoms with Gasteiger partial charge in [-0.2, -0.15) is 4.98 Å². The van der Waals surface area contributed by atoms with Gasteiger partial charge < -0.3 is 13.7 Å². The van der Waals surface area contributed by atoms with Crippen molar-refractivity contribution in [3.8, 4) is 0 Å². The molecule has 138 valence electrons. The van der Waals surface area contributed by atoms with Crippen LogP contribution < -0.4 is 0 Å². The Morgan fingerprint density at radius 2 is 2.08 bits per heavy atom. The van der Waals surface area contributed by atoms with Crippen LogP contribution in [0.3, 0.4) is 0 Å². The highest BCUT2D eigenvalue weighted by molar-refractivity contribution is 5.05. The van der Waals surface area contributed by atoms with Gasteiger partial charge in [-0.3, -0.25) is 4.90 Å². The number of furan rings is 1. The molecule has 3 rings (SSSR count). The summed E-state index contributed by atoms with van der Waals surface area (Å²) in [6.45, 7) is 9.92. The Labute approximate surface area is 149 Å². The summed E-state index contributed by atoms with van der Waals surface area (Å²) >= 11 is 0. The predicted octanol–water partition coefficient (Wildman–Crippen LogP) is 3.39. The molecule has 0 atom stereocenters. The number of rotatable bonds is 8. The standard InChI is InChI=1S/C19H29N3O3/c1-14(2)12-19-20-18(21-25-19)8-11-23-16-6-9-22(10-7-16)13-17-5-4-15(3)24-17/h4-5,14,16H,6-13H2,1-3H3. The summed E-state index contributed by atoms with van der Waals surface area (Å²) in [6, 6.07) is 4.09. The summed E-state index contributed by atoms with van der Waals surface area (Å²) in [5, 5.41) is 4.03. The maximum atomic E-state index is 6.01. The lowest BCUT2D eigenvalue weighted by Crippen LogP contribution is -2.36. The van der Waals surface area contributed by atoms with Crippen molar-refractivity contribution in [2.75, 3.05) is 19.7 Å². The fraction of sp³-hybridized carbons (Fsp3) is 0.684. The van der Waals surface area contributed by atoms with Crippen LogP contribution in [0.5, 0.6) is 0 Å². The Balaban J connectivity index is 1.33. The van der Waals surface area contributed by atoms with Crippen molar-refractivity contribution in [2.24, 2.45) is 5.92 Å². The molecule has 0 aromatic carbocycles. The van der Waals surface area contributed by atoms with Crippen LogP contribution in [0.15, 0.2) is 21.1 Å². The van der Waals surface area contributed by atoms with Crippen molar-refractivity contribution in [1.82, 2.24) is 15.0 Å². The zero-order valence-corrected chi connectivity index (χ0v) is 15.5. The number of aromatic nitrogens is 2. The molecule has 1 saturated heterocycles. The minimum atomic E-state index is 0.330. The van der Waals surface area contributed by atoms with Crippen molar-refractivity contribution in [2.45, 2.75) is 59.1 Å². The number of nitrogens with zero attached hydrogens (tertiary/aromatic N) is 3. The Morgan fingerprint density at radius 1 is 1.28 bits per heavy atom. The van der Waals surface area contributed by atoms with E-state index in [9.17, 15) is 0 Å². The van der Waals surface area contributed by atoms with Crippen LogP contribution in [0.25, 0.3) is 0 Å².